The molecule has 154 valence electrons. The summed E-state index contributed by atoms with van der Waals surface area (Å²) < 4.78 is 42.7. The van der Waals surface area contributed by atoms with Gasteiger partial charge in [-0.2, -0.15) is 4.31 Å². The summed E-state index contributed by atoms with van der Waals surface area (Å²) in [6, 6.07) is 3.83. The third-order valence-electron chi connectivity index (χ3n) is 4.89. The predicted molar refractivity (Wildman–Crippen MR) is 98.5 cm³/mol. The van der Waals surface area contributed by atoms with Crippen LogP contribution in [0.5, 0.6) is 11.5 Å². The van der Waals surface area contributed by atoms with Crippen molar-refractivity contribution in [2.24, 2.45) is 5.92 Å². The number of nitrogens with zero attached hydrogens (tertiary/aromatic N) is 1. The maximum absolute atomic E-state index is 12.9. The molecule has 2 aliphatic rings. The molecule has 1 aromatic rings. The minimum absolute atomic E-state index is 0.138. The van der Waals surface area contributed by atoms with E-state index in [2.05, 4.69) is 10.1 Å². The van der Waals surface area contributed by atoms with Crippen LogP contribution in [-0.4, -0.2) is 64.1 Å². The lowest BCUT2D eigenvalue weighted by Crippen LogP contribution is -2.46. The van der Waals surface area contributed by atoms with E-state index in [1.54, 1.807) is 13.0 Å². The monoisotopic (exact) mass is 412 g/mol. The van der Waals surface area contributed by atoms with Gasteiger partial charge in [0.1, 0.15) is 19.3 Å². The third-order valence-corrected chi connectivity index (χ3v) is 6.78. The van der Waals surface area contributed by atoms with Crippen molar-refractivity contribution in [2.75, 3.05) is 33.4 Å². The van der Waals surface area contributed by atoms with Gasteiger partial charge >= 0.3 is 5.97 Å². The smallest absolute Gasteiger partial charge is 0.328 e. The number of carbonyl (C=O) groups excluding carboxylic acids is 2. The molecule has 0 aromatic heterocycles. The van der Waals surface area contributed by atoms with Crippen LogP contribution in [0.1, 0.15) is 19.8 Å². The second-order valence-electron chi connectivity index (χ2n) is 6.74. The van der Waals surface area contributed by atoms with Gasteiger partial charge in [0.05, 0.1) is 12.0 Å². The van der Waals surface area contributed by atoms with Gasteiger partial charge in [0, 0.05) is 25.1 Å². The van der Waals surface area contributed by atoms with Crippen LogP contribution >= 0.6 is 0 Å². The maximum atomic E-state index is 12.9. The molecule has 2 heterocycles. The molecule has 10 heteroatoms. The zero-order valence-corrected chi connectivity index (χ0v) is 16.7. The van der Waals surface area contributed by atoms with Crippen molar-refractivity contribution in [2.45, 2.75) is 30.7 Å². The van der Waals surface area contributed by atoms with Crippen LogP contribution < -0.4 is 14.8 Å². The summed E-state index contributed by atoms with van der Waals surface area (Å²) in [5, 5.41) is 2.61. The second-order valence-corrected chi connectivity index (χ2v) is 8.68. The Morgan fingerprint density at radius 3 is 2.46 bits per heavy atom. The van der Waals surface area contributed by atoms with E-state index in [1.165, 1.54) is 23.5 Å². The Bertz CT molecular complexity index is 847. The molecule has 3 rings (SSSR count). The minimum Gasteiger partial charge on any atom is -0.486 e. The van der Waals surface area contributed by atoms with Gasteiger partial charge in [-0.1, -0.05) is 0 Å². The normalized spacial score (nSPS) is 18.9. The number of hydrogen-bond donors (Lipinski definition) is 1. The summed E-state index contributed by atoms with van der Waals surface area (Å²) in [7, 11) is -2.44. The summed E-state index contributed by atoms with van der Waals surface area (Å²) in [5.74, 6) is -0.196. The predicted octanol–water partition coefficient (Wildman–Crippen LogP) is 0.536. The van der Waals surface area contributed by atoms with Crippen molar-refractivity contribution >= 4 is 21.9 Å². The van der Waals surface area contributed by atoms with E-state index in [9.17, 15) is 18.0 Å². The molecule has 1 atom stereocenters. The van der Waals surface area contributed by atoms with E-state index in [0.717, 1.165) is 0 Å². The Balaban J connectivity index is 1.62. The fraction of sp³-hybridized carbons (Fsp3) is 0.556. The van der Waals surface area contributed by atoms with Crippen LogP contribution in [0, 0.1) is 5.92 Å². The first kappa shape index (κ1) is 20.4. The van der Waals surface area contributed by atoms with Gasteiger partial charge in [0.15, 0.2) is 11.5 Å². The maximum Gasteiger partial charge on any atom is 0.328 e. The fourth-order valence-electron chi connectivity index (χ4n) is 3.26. The van der Waals surface area contributed by atoms with E-state index in [1.807, 2.05) is 0 Å². The summed E-state index contributed by atoms with van der Waals surface area (Å²) in [5.41, 5.74) is 0. The van der Waals surface area contributed by atoms with Gasteiger partial charge < -0.3 is 19.5 Å². The Kier molecular flexibility index (Phi) is 6.09. The Morgan fingerprint density at radius 2 is 1.82 bits per heavy atom. The zero-order valence-electron chi connectivity index (χ0n) is 15.8. The highest BCUT2D eigenvalue weighted by Crippen LogP contribution is 2.34. The lowest BCUT2D eigenvalue weighted by molar-refractivity contribution is -0.145. The molecule has 0 spiro atoms. The number of hydrogen-bond acceptors (Lipinski definition) is 7. The highest BCUT2D eigenvalue weighted by atomic mass is 32.2. The van der Waals surface area contributed by atoms with Gasteiger partial charge in [0.25, 0.3) is 0 Å². The summed E-state index contributed by atoms with van der Waals surface area (Å²) in [6.45, 7) is 2.80. The molecule has 1 saturated heterocycles. The zero-order chi connectivity index (χ0) is 20.3. The van der Waals surface area contributed by atoms with Crippen molar-refractivity contribution < 1.29 is 32.2 Å². The molecule has 0 radical (unpaired) electrons. The van der Waals surface area contributed by atoms with Crippen LogP contribution in [0.4, 0.5) is 0 Å². The van der Waals surface area contributed by atoms with E-state index in [4.69, 9.17) is 9.47 Å². The first-order valence-corrected chi connectivity index (χ1v) is 10.5. The van der Waals surface area contributed by atoms with E-state index in [0.29, 0.717) is 37.6 Å². The third kappa shape index (κ3) is 4.22. The minimum atomic E-state index is -3.69. The van der Waals surface area contributed by atoms with Crippen LogP contribution in [0.3, 0.4) is 0 Å². The number of esters is 1. The first-order chi connectivity index (χ1) is 13.3. The Morgan fingerprint density at radius 1 is 1.18 bits per heavy atom. The quantitative estimate of drug-likeness (QED) is 0.703. The Hall–Kier alpha value is -2.33. The van der Waals surface area contributed by atoms with Gasteiger partial charge in [0.2, 0.25) is 15.9 Å². The molecule has 1 unspecified atom stereocenters. The van der Waals surface area contributed by atoms with Gasteiger partial charge in [-0.05, 0) is 31.9 Å². The SMILES string of the molecule is COC(=O)C(C)NC(=O)C1CCN(S(=O)(=O)c2ccc3c(c2)OCCO3)CC1. The first-order valence-electron chi connectivity index (χ1n) is 9.11. The molecule has 1 amide bonds. The molecule has 1 aromatic carbocycles. The summed E-state index contributed by atoms with van der Waals surface area (Å²) >= 11 is 0. The highest BCUT2D eigenvalue weighted by molar-refractivity contribution is 7.89. The van der Waals surface area contributed by atoms with Crippen LogP contribution in [-0.2, 0) is 24.3 Å². The Labute approximate surface area is 164 Å². The number of ether oxygens (including phenoxy) is 3. The van der Waals surface area contributed by atoms with Crippen molar-refractivity contribution in [1.29, 1.82) is 0 Å². The molecule has 0 bridgehead atoms. The van der Waals surface area contributed by atoms with Crippen molar-refractivity contribution in [3.63, 3.8) is 0 Å². The van der Waals surface area contributed by atoms with Crippen molar-refractivity contribution in [3.05, 3.63) is 18.2 Å². The van der Waals surface area contributed by atoms with Crippen molar-refractivity contribution in [3.8, 4) is 11.5 Å². The number of piperidine rings is 1. The number of fused-ring (bicyclic) bond motifs is 1. The van der Waals surface area contributed by atoms with Crippen LogP contribution in [0.15, 0.2) is 23.1 Å². The second kappa shape index (κ2) is 8.36. The van der Waals surface area contributed by atoms with Crippen molar-refractivity contribution in [1.82, 2.24) is 9.62 Å². The topological polar surface area (TPSA) is 111 Å². The lowest BCUT2D eigenvalue weighted by atomic mass is 9.97. The average molecular weight is 412 g/mol. The number of benzene rings is 1. The van der Waals surface area contributed by atoms with Crippen LogP contribution in [0.25, 0.3) is 0 Å². The molecular formula is C18H24N2O7S. The van der Waals surface area contributed by atoms with Gasteiger partial charge in [-0.15, -0.1) is 0 Å². The molecule has 28 heavy (non-hydrogen) atoms. The molecule has 2 aliphatic heterocycles. The molecule has 9 nitrogen and oxygen atoms in total. The van der Waals surface area contributed by atoms with Gasteiger partial charge in [-0.3, -0.25) is 4.79 Å². The number of sulfonamides is 1. The number of rotatable bonds is 5. The van der Waals surface area contributed by atoms with Crippen LogP contribution in [0.2, 0.25) is 0 Å². The lowest BCUT2D eigenvalue weighted by Gasteiger charge is -2.31. The molecular weight excluding hydrogens is 388 g/mol. The molecule has 0 aliphatic carbocycles. The molecule has 1 fully saturated rings. The number of methoxy groups -OCH3 is 1. The van der Waals surface area contributed by atoms with E-state index < -0.39 is 22.0 Å². The largest absolute Gasteiger partial charge is 0.486 e. The number of carbonyl (C=O) groups is 2. The van der Waals surface area contributed by atoms with E-state index in [-0.39, 0.29) is 29.8 Å². The number of nitrogens with one attached hydrogen (secondary N) is 1. The summed E-state index contributed by atoms with van der Waals surface area (Å²) in [4.78, 5) is 23.9. The standard InChI is InChI=1S/C18H24N2O7S/c1-12(18(22)25-2)19-17(21)13-5-7-20(8-6-13)28(23,24)14-3-4-15-16(11-14)27-10-9-26-15/h3-4,11-13H,5-10H2,1-2H3,(H,19,21). The summed E-state index contributed by atoms with van der Waals surface area (Å²) in [6.07, 6.45) is 0.757. The number of amides is 1. The molecule has 1 N–H and O–H groups in total. The fourth-order valence-corrected chi connectivity index (χ4v) is 4.74. The average Bonchev–Trinajstić information content (AvgIpc) is 2.72. The highest BCUT2D eigenvalue weighted by Gasteiger charge is 2.33. The van der Waals surface area contributed by atoms with Gasteiger partial charge in [-0.25, -0.2) is 13.2 Å². The molecule has 0 saturated carbocycles. The van der Waals surface area contributed by atoms with E-state index >= 15 is 0 Å².